The molecule has 0 radical (unpaired) electrons. The minimum absolute atomic E-state index is 0.00124. The maximum absolute atomic E-state index is 12.3. The Labute approximate surface area is 138 Å². The highest BCUT2D eigenvalue weighted by Gasteiger charge is 2.19. The summed E-state index contributed by atoms with van der Waals surface area (Å²) >= 11 is 7.26. The van der Waals surface area contributed by atoms with Crippen molar-refractivity contribution in [2.45, 2.75) is 20.8 Å². The molecule has 0 unspecified atom stereocenters. The van der Waals surface area contributed by atoms with E-state index in [1.165, 1.54) is 15.9 Å². The summed E-state index contributed by atoms with van der Waals surface area (Å²) < 4.78 is 2.74. The number of aromatic nitrogens is 1. The van der Waals surface area contributed by atoms with Crippen LogP contribution in [0.1, 0.15) is 26.3 Å². The van der Waals surface area contributed by atoms with Crippen molar-refractivity contribution in [2.75, 3.05) is 0 Å². The highest BCUT2D eigenvalue weighted by Crippen LogP contribution is 2.14. The quantitative estimate of drug-likeness (QED) is 0.845. The van der Waals surface area contributed by atoms with E-state index in [4.69, 9.17) is 11.6 Å². The molecule has 116 valence electrons. The Bertz CT molecular complexity index is 885. The van der Waals surface area contributed by atoms with Crippen molar-refractivity contribution in [3.63, 3.8) is 0 Å². The van der Waals surface area contributed by atoms with Crippen LogP contribution >= 0.6 is 22.9 Å². The minimum Gasteiger partial charge on any atom is -0.302 e. The fourth-order valence-corrected chi connectivity index (χ4v) is 3.01. The Morgan fingerprint density at radius 1 is 1.32 bits per heavy atom. The molecule has 5 heteroatoms. The zero-order valence-electron chi connectivity index (χ0n) is 13.0. The van der Waals surface area contributed by atoms with Crippen LogP contribution < -0.4 is 14.8 Å². The standard InChI is InChI=1S/C17H18ClNO2S/c1-17(2,3)14(20)10-15-19(4)16(21)13(22-15)9-11-6-5-7-12(18)8-11/h5-10H,1-4H3. The minimum atomic E-state index is -0.461. The van der Waals surface area contributed by atoms with E-state index in [1.807, 2.05) is 32.9 Å². The van der Waals surface area contributed by atoms with E-state index in [0.717, 1.165) is 5.56 Å². The third kappa shape index (κ3) is 3.76. The molecule has 0 aliphatic heterocycles. The first-order valence-electron chi connectivity index (χ1n) is 6.88. The van der Waals surface area contributed by atoms with Gasteiger partial charge in [0, 0.05) is 23.6 Å². The zero-order chi connectivity index (χ0) is 16.5. The number of ketones is 1. The van der Waals surface area contributed by atoms with Gasteiger partial charge in [-0.15, -0.1) is 11.3 Å². The Morgan fingerprint density at radius 2 is 2.00 bits per heavy atom. The van der Waals surface area contributed by atoms with Crippen LogP contribution in [-0.4, -0.2) is 10.4 Å². The molecule has 1 aromatic heterocycles. The maximum atomic E-state index is 12.3. The molecule has 3 nitrogen and oxygen atoms in total. The summed E-state index contributed by atoms with van der Waals surface area (Å²) in [6, 6.07) is 7.30. The second kappa shape index (κ2) is 6.23. The number of carbonyl (C=O) groups is 1. The lowest BCUT2D eigenvalue weighted by Crippen LogP contribution is -2.30. The van der Waals surface area contributed by atoms with E-state index < -0.39 is 5.41 Å². The van der Waals surface area contributed by atoms with Crippen molar-refractivity contribution in [1.82, 2.24) is 4.57 Å². The van der Waals surface area contributed by atoms with E-state index in [2.05, 4.69) is 0 Å². The third-order valence-corrected chi connectivity index (χ3v) is 4.55. The molecule has 22 heavy (non-hydrogen) atoms. The van der Waals surface area contributed by atoms with Crippen LogP contribution in [0.15, 0.2) is 29.1 Å². The molecule has 0 saturated carbocycles. The molecule has 0 spiro atoms. The number of carbonyl (C=O) groups excluding carboxylic acids is 1. The number of thiazole rings is 1. The van der Waals surface area contributed by atoms with Crippen molar-refractivity contribution in [2.24, 2.45) is 12.5 Å². The zero-order valence-corrected chi connectivity index (χ0v) is 14.6. The molecule has 0 atom stereocenters. The van der Waals surface area contributed by atoms with Crippen LogP contribution in [0, 0.1) is 5.41 Å². The van der Waals surface area contributed by atoms with Crippen molar-refractivity contribution < 1.29 is 4.79 Å². The number of benzene rings is 1. The number of Topliss-reactive ketones (excluding diaryl/α,β-unsaturated/α-hetero) is 1. The maximum Gasteiger partial charge on any atom is 0.268 e. The van der Waals surface area contributed by atoms with Crippen LogP contribution in [0.2, 0.25) is 5.02 Å². The topological polar surface area (TPSA) is 39.1 Å². The Kier molecular flexibility index (Phi) is 4.73. The van der Waals surface area contributed by atoms with Crippen molar-refractivity contribution in [3.8, 4) is 0 Å². The molecule has 0 amide bonds. The number of halogens is 1. The highest BCUT2D eigenvalue weighted by atomic mass is 35.5. The number of hydrogen-bond acceptors (Lipinski definition) is 3. The van der Waals surface area contributed by atoms with Crippen LogP contribution in [-0.2, 0) is 11.8 Å². The number of rotatable bonds is 2. The van der Waals surface area contributed by atoms with Gasteiger partial charge < -0.3 is 4.57 Å². The predicted molar refractivity (Wildman–Crippen MR) is 92.8 cm³/mol. The normalized spacial score (nSPS) is 13.7. The summed E-state index contributed by atoms with van der Waals surface area (Å²) in [5.41, 5.74) is 0.287. The molecule has 2 aromatic rings. The Balaban J connectivity index is 2.59. The number of hydrogen-bond donors (Lipinski definition) is 0. The van der Waals surface area contributed by atoms with E-state index in [-0.39, 0.29) is 11.3 Å². The SMILES string of the molecule is Cn1c(=CC(=O)C(C)(C)C)sc(=Cc2cccc(Cl)c2)c1=O. The van der Waals surface area contributed by atoms with Crippen LogP contribution in [0.5, 0.6) is 0 Å². The smallest absolute Gasteiger partial charge is 0.268 e. The summed E-state index contributed by atoms with van der Waals surface area (Å²) in [5.74, 6) is -0.00124. The van der Waals surface area contributed by atoms with Gasteiger partial charge in [0.05, 0.1) is 4.53 Å². The molecule has 1 heterocycles. The van der Waals surface area contributed by atoms with Crippen LogP contribution in [0.4, 0.5) is 0 Å². The summed E-state index contributed by atoms with van der Waals surface area (Å²) in [6.07, 6.45) is 3.33. The van der Waals surface area contributed by atoms with E-state index >= 15 is 0 Å². The molecular weight excluding hydrogens is 318 g/mol. The fraction of sp³-hybridized carbons (Fsp3) is 0.294. The van der Waals surface area contributed by atoms with Gasteiger partial charge in [0.15, 0.2) is 5.78 Å². The monoisotopic (exact) mass is 335 g/mol. The predicted octanol–water partition coefficient (Wildman–Crippen LogP) is 2.32. The molecule has 0 bridgehead atoms. The molecule has 0 aliphatic carbocycles. The van der Waals surface area contributed by atoms with Crippen molar-refractivity contribution in [3.05, 3.63) is 54.4 Å². The summed E-state index contributed by atoms with van der Waals surface area (Å²) in [4.78, 5) is 24.4. The van der Waals surface area contributed by atoms with Gasteiger partial charge >= 0.3 is 0 Å². The van der Waals surface area contributed by atoms with Gasteiger partial charge in [-0.1, -0.05) is 44.5 Å². The van der Waals surface area contributed by atoms with Gasteiger partial charge in [0.2, 0.25) is 0 Å². The van der Waals surface area contributed by atoms with Gasteiger partial charge in [-0.2, -0.15) is 0 Å². The Hall–Kier alpha value is -1.65. The van der Waals surface area contributed by atoms with Crippen molar-refractivity contribution in [1.29, 1.82) is 0 Å². The fourth-order valence-electron chi connectivity index (χ4n) is 1.78. The van der Waals surface area contributed by atoms with Gasteiger partial charge in [-0.25, -0.2) is 0 Å². The third-order valence-electron chi connectivity index (χ3n) is 3.20. The average molecular weight is 336 g/mol. The lowest BCUT2D eigenvalue weighted by Gasteiger charge is -2.12. The first-order chi connectivity index (χ1) is 10.2. The van der Waals surface area contributed by atoms with Gasteiger partial charge in [-0.05, 0) is 23.8 Å². The largest absolute Gasteiger partial charge is 0.302 e. The van der Waals surface area contributed by atoms with Crippen LogP contribution in [0.3, 0.4) is 0 Å². The summed E-state index contributed by atoms with van der Waals surface area (Å²) in [5, 5.41) is 0.622. The van der Waals surface area contributed by atoms with Crippen molar-refractivity contribution >= 4 is 40.9 Å². The molecular formula is C17H18ClNO2S. The van der Waals surface area contributed by atoms with E-state index in [0.29, 0.717) is 14.2 Å². The van der Waals surface area contributed by atoms with E-state index in [9.17, 15) is 9.59 Å². The number of nitrogens with zero attached hydrogens (tertiary/aromatic N) is 1. The lowest BCUT2D eigenvalue weighted by atomic mass is 9.91. The second-order valence-electron chi connectivity index (χ2n) is 6.13. The Morgan fingerprint density at radius 3 is 2.59 bits per heavy atom. The lowest BCUT2D eigenvalue weighted by molar-refractivity contribution is -0.120. The highest BCUT2D eigenvalue weighted by molar-refractivity contribution is 7.07. The van der Waals surface area contributed by atoms with Crippen LogP contribution in [0.25, 0.3) is 12.2 Å². The molecule has 1 aromatic carbocycles. The van der Waals surface area contributed by atoms with Gasteiger partial charge in [0.25, 0.3) is 5.56 Å². The first kappa shape index (κ1) is 16.7. The summed E-state index contributed by atoms with van der Waals surface area (Å²) in [7, 11) is 1.68. The molecule has 2 rings (SSSR count). The molecule has 0 aliphatic rings. The van der Waals surface area contributed by atoms with E-state index in [1.54, 1.807) is 31.3 Å². The van der Waals surface area contributed by atoms with Gasteiger partial charge in [-0.3, -0.25) is 9.59 Å². The first-order valence-corrected chi connectivity index (χ1v) is 8.07. The molecule has 0 saturated heterocycles. The molecule has 0 N–H and O–H groups in total. The van der Waals surface area contributed by atoms with Gasteiger partial charge in [0.1, 0.15) is 4.66 Å². The average Bonchev–Trinajstić information content (AvgIpc) is 2.66. The molecule has 0 fully saturated rings. The second-order valence-corrected chi connectivity index (χ2v) is 7.63. The summed E-state index contributed by atoms with van der Waals surface area (Å²) in [6.45, 7) is 5.57.